The maximum Gasteiger partial charge on any atom is 0.182 e. The SMILES string of the molecule is N#CC(C#N)=C1N=c2ccc(-c3nc(C(C#N)=C4N=c5c(C#N)c(C#N)c(C#N)c(C#N)c5=N4)nc(-c4ccc5c(c4C#N)=NC(=C(C#N)C#N)N=5)n3)c(C#N)c2=N1. The van der Waals surface area contributed by atoms with Gasteiger partial charge in [-0.05, 0) is 24.3 Å². The Morgan fingerprint density at radius 3 is 1.09 bits per heavy atom. The molecule has 3 aliphatic rings. The molecule has 0 atom stereocenters. The van der Waals surface area contributed by atoms with Gasteiger partial charge in [0, 0.05) is 11.1 Å². The van der Waals surface area contributed by atoms with Crippen LogP contribution in [0.2, 0.25) is 0 Å². The van der Waals surface area contributed by atoms with E-state index in [-0.39, 0.29) is 88.8 Å². The summed E-state index contributed by atoms with van der Waals surface area (Å²) in [7, 11) is 0. The summed E-state index contributed by atoms with van der Waals surface area (Å²) in [6, 6.07) is 25.3. The summed E-state index contributed by atoms with van der Waals surface area (Å²) in [6.45, 7) is 0. The molecule has 4 aromatic rings. The molecule has 0 amide bonds. The maximum atomic E-state index is 10.6. The molecule has 20 nitrogen and oxygen atoms in total. The van der Waals surface area contributed by atoms with E-state index < -0.39 is 39.5 Å². The van der Waals surface area contributed by atoms with Gasteiger partial charge in [-0.25, -0.2) is 44.9 Å². The molecule has 1 aromatic heterocycles. The Kier molecular flexibility index (Phi) is 8.50. The molecule has 0 saturated heterocycles. The number of hydrogen-bond acceptors (Lipinski definition) is 20. The number of allylic oxidation sites excluding steroid dienone is 3. The molecule has 0 bridgehead atoms. The summed E-state index contributed by atoms with van der Waals surface area (Å²) in [4.78, 5) is 38.9. The molecule has 0 spiro atoms. The molecule has 3 aliphatic heterocycles. The average Bonchev–Trinajstić information content (AvgIpc) is 4.00. The highest BCUT2D eigenvalue weighted by Gasteiger charge is 2.27. The third-order valence-electron chi connectivity index (χ3n) is 8.33. The van der Waals surface area contributed by atoms with Gasteiger partial charge in [0.15, 0.2) is 46.1 Å². The Morgan fingerprint density at radius 1 is 0.362 bits per heavy atom. The van der Waals surface area contributed by atoms with Gasteiger partial charge in [0.05, 0.1) is 44.1 Å². The number of fused-ring (bicyclic) bond motifs is 3. The van der Waals surface area contributed by atoms with Crippen molar-refractivity contribution < 1.29 is 0 Å². The first kappa shape index (κ1) is 35.5. The van der Waals surface area contributed by atoms with Crippen LogP contribution in [-0.4, -0.2) is 15.0 Å². The van der Waals surface area contributed by atoms with Gasteiger partial charge in [0.25, 0.3) is 0 Å². The first-order valence-electron chi connectivity index (χ1n) is 15.6. The van der Waals surface area contributed by atoms with Crippen LogP contribution >= 0.6 is 0 Å². The number of aromatic nitrogens is 3. The second-order valence-electron chi connectivity index (χ2n) is 11.2. The maximum absolute atomic E-state index is 10.6. The van der Waals surface area contributed by atoms with E-state index in [0.29, 0.717) is 0 Å². The van der Waals surface area contributed by atoms with Gasteiger partial charge in [0.1, 0.15) is 93.8 Å². The molecule has 3 aromatic carbocycles. The predicted octanol–water partition coefficient (Wildman–Crippen LogP) is -0.396. The highest BCUT2D eigenvalue weighted by atomic mass is 15.1. The lowest BCUT2D eigenvalue weighted by Gasteiger charge is -2.09. The van der Waals surface area contributed by atoms with Gasteiger partial charge in [0.2, 0.25) is 0 Å². The minimum atomic E-state index is -0.486. The van der Waals surface area contributed by atoms with Crippen LogP contribution in [0.3, 0.4) is 0 Å². The summed E-state index contributed by atoms with van der Waals surface area (Å²) in [5.41, 5.74) is -3.32. The van der Waals surface area contributed by atoms with E-state index in [0.717, 1.165) is 0 Å². The second kappa shape index (κ2) is 13.9. The third-order valence-corrected chi connectivity index (χ3v) is 8.33. The second-order valence-corrected chi connectivity index (χ2v) is 11.2. The summed E-state index contributed by atoms with van der Waals surface area (Å²) < 4.78 is 0. The monoisotopic (exact) mass is 740 g/mol. The Morgan fingerprint density at radius 2 is 0.741 bits per heavy atom. The van der Waals surface area contributed by atoms with Gasteiger partial charge in [-0.2, -0.15) is 57.9 Å². The van der Waals surface area contributed by atoms with Crippen molar-refractivity contribution in [3.63, 3.8) is 0 Å². The fourth-order valence-corrected chi connectivity index (χ4v) is 5.79. The van der Waals surface area contributed by atoms with Crippen LogP contribution in [0.1, 0.15) is 39.2 Å². The molecular formula is C38H4N20. The molecule has 256 valence electrons. The van der Waals surface area contributed by atoms with E-state index in [9.17, 15) is 57.9 Å². The van der Waals surface area contributed by atoms with Crippen LogP contribution in [-0.2, 0) is 0 Å². The number of nitrogens with zero attached hydrogens (tertiary/aromatic N) is 20. The highest BCUT2D eigenvalue weighted by molar-refractivity contribution is 5.79. The van der Waals surface area contributed by atoms with Crippen LogP contribution < -0.4 is 32.1 Å². The van der Waals surface area contributed by atoms with Crippen LogP contribution in [0.15, 0.2) is 82.8 Å². The van der Waals surface area contributed by atoms with E-state index in [2.05, 4.69) is 44.9 Å². The lowest BCUT2D eigenvalue weighted by atomic mass is 9.97. The van der Waals surface area contributed by atoms with Crippen molar-refractivity contribution in [2.45, 2.75) is 0 Å². The number of hydrogen-bond donors (Lipinski definition) is 0. The molecule has 0 aliphatic carbocycles. The zero-order valence-corrected chi connectivity index (χ0v) is 28.3. The summed E-state index contributed by atoms with van der Waals surface area (Å²) in [6.07, 6.45) is 0. The minimum Gasteiger partial charge on any atom is -0.225 e. The van der Waals surface area contributed by atoms with Gasteiger partial charge in [-0.3, -0.25) is 0 Å². The molecule has 0 unspecified atom stereocenters. The fourth-order valence-electron chi connectivity index (χ4n) is 5.79. The molecule has 58 heavy (non-hydrogen) atoms. The van der Waals surface area contributed by atoms with Gasteiger partial charge in [-0.15, -0.1) is 0 Å². The van der Waals surface area contributed by atoms with E-state index in [1.54, 1.807) is 48.6 Å². The van der Waals surface area contributed by atoms with E-state index in [4.69, 9.17) is 0 Å². The summed E-state index contributed by atoms with van der Waals surface area (Å²) in [5.74, 6) is -1.95. The van der Waals surface area contributed by atoms with E-state index in [1.165, 1.54) is 24.3 Å². The Balaban J connectivity index is 1.59. The Hall–Kier alpha value is -10.9. The normalized spacial score (nSPS) is 11.6. The van der Waals surface area contributed by atoms with Crippen LogP contribution in [0.5, 0.6) is 0 Å². The molecule has 0 saturated carbocycles. The number of benzene rings is 3. The standard InChI is InChI=1S/C38H4N20/c39-5-16(6-40)33-50-27-3-1-18(22(11-45)29(27)52-33)35-56-36(19-2-4-28-30(23(19)12-46)53-34(51-28)17(7-41)8-42)58-38(57-35)26(15-49)37-54-31-24(13-47)20(9-43)21(10-44)25(14-48)32(31)55-37/h1-4H. The molecule has 0 radical (unpaired) electrons. The van der Waals surface area contributed by atoms with Gasteiger partial charge in [-0.1, -0.05) is 0 Å². The first-order chi connectivity index (χ1) is 28.3. The zero-order chi connectivity index (χ0) is 41.2. The topological polar surface area (TPSA) is 375 Å². The lowest BCUT2D eigenvalue weighted by Crippen LogP contribution is -2.31. The van der Waals surface area contributed by atoms with Crippen LogP contribution in [0.25, 0.3) is 28.3 Å². The Labute approximate surface area is 321 Å². The first-order valence-corrected chi connectivity index (χ1v) is 15.6. The van der Waals surface area contributed by atoms with Gasteiger partial charge >= 0.3 is 0 Å². The number of rotatable bonds is 3. The van der Waals surface area contributed by atoms with Gasteiger partial charge < -0.3 is 0 Å². The molecule has 0 fully saturated rings. The van der Waals surface area contributed by atoms with Crippen LogP contribution in [0, 0.1) is 125 Å². The van der Waals surface area contributed by atoms with E-state index in [1.807, 2.05) is 18.2 Å². The largest absolute Gasteiger partial charge is 0.225 e. The van der Waals surface area contributed by atoms with Crippen molar-refractivity contribution in [3.05, 3.63) is 124 Å². The van der Waals surface area contributed by atoms with Crippen molar-refractivity contribution in [3.8, 4) is 89.5 Å². The van der Waals surface area contributed by atoms with Crippen molar-refractivity contribution in [2.24, 2.45) is 30.0 Å². The fraction of sp³-hybridized carbons (Fsp3) is 0. The average molecular weight is 741 g/mol. The van der Waals surface area contributed by atoms with Crippen molar-refractivity contribution in [2.75, 3.05) is 0 Å². The summed E-state index contributed by atoms with van der Waals surface area (Å²) in [5, 5.41) is 108. The Bertz CT molecular complexity index is 3490. The lowest BCUT2D eigenvalue weighted by molar-refractivity contribution is 1.02. The molecule has 4 heterocycles. The third kappa shape index (κ3) is 5.26. The van der Waals surface area contributed by atoms with Crippen molar-refractivity contribution >= 4 is 5.57 Å². The highest BCUT2D eigenvalue weighted by Crippen LogP contribution is 2.27. The molecule has 20 heteroatoms. The minimum absolute atomic E-state index is 0.0131. The molecular weight excluding hydrogens is 737 g/mol. The number of nitriles is 11. The smallest absolute Gasteiger partial charge is 0.182 e. The quantitative estimate of drug-likeness (QED) is 0.241. The molecule has 0 N–H and O–H groups in total. The predicted molar refractivity (Wildman–Crippen MR) is 181 cm³/mol. The summed E-state index contributed by atoms with van der Waals surface area (Å²) >= 11 is 0. The van der Waals surface area contributed by atoms with Crippen molar-refractivity contribution in [1.29, 1.82) is 57.9 Å². The molecule has 7 rings (SSSR count). The van der Waals surface area contributed by atoms with E-state index >= 15 is 0 Å². The zero-order valence-electron chi connectivity index (χ0n) is 28.3. The van der Waals surface area contributed by atoms with Crippen molar-refractivity contribution in [1.82, 2.24) is 15.0 Å². The van der Waals surface area contributed by atoms with Crippen LogP contribution in [0.4, 0.5) is 0 Å².